The van der Waals surface area contributed by atoms with Gasteiger partial charge in [0, 0.05) is 36.8 Å². The number of aromatic carboxylic acids is 1. The smallest absolute Gasteiger partial charge is 0.460 e. The summed E-state index contributed by atoms with van der Waals surface area (Å²) >= 11 is 0. The van der Waals surface area contributed by atoms with Crippen molar-refractivity contribution in [1.29, 1.82) is 0 Å². The van der Waals surface area contributed by atoms with Crippen LogP contribution >= 0.6 is 0 Å². The molecule has 2 aliphatic rings. The van der Waals surface area contributed by atoms with E-state index >= 15 is 0 Å². The van der Waals surface area contributed by atoms with Crippen molar-refractivity contribution in [3.05, 3.63) is 68.9 Å². The largest absolute Gasteiger partial charge is 0.478 e. The average Bonchev–Trinajstić information content (AvgIpc) is 2.86. The number of hydrogen-bond donors (Lipinski definition) is 3. The summed E-state index contributed by atoms with van der Waals surface area (Å²) in [5.41, 5.74) is 3.46. The van der Waals surface area contributed by atoms with E-state index in [1.165, 1.54) is 0 Å². The summed E-state index contributed by atoms with van der Waals surface area (Å²) in [4.78, 5) is 27.3. The molecule has 0 amide bonds. The van der Waals surface area contributed by atoms with Gasteiger partial charge in [0.25, 0.3) is 0 Å². The van der Waals surface area contributed by atoms with Crippen molar-refractivity contribution in [1.82, 2.24) is 0 Å². The number of anilines is 2. The summed E-state index contributed by atoms with van der Waals surface area (Å²) in [5, 5.41) is 23.3. The zero-order valence-corrected chi connectivity index (χ0v) is 20.8. The Morgan fingerprint density at radius 1 is 1.19 bits per heavy atom. The summed E-state index contributed by atoms with van der Waals surface area (Å²) in [7, 11) is -0.659. The first kappa shape index (κ1) is 24.4. The van der Waals surface area contributed by atoms with Crippen LogP contribution in [0.2, 0.25) is 5.82 Å². The molecule has 3 N–H and O–H groups in total. The van der Waals surface area contributed by atoms with E-state index in [4.69, 9.17) is 9.07 Å². The number of carbonyl (C=O) groups is 1. The van der Waals surface area contributed by atoms with E-state index in [0.29, 0.717) is 40.6 Å². The lowest BCUT2D eigenvalue weighted by molar-refractivity contribution is 0.0698. The molecule has 2 saturated heterocycles. The van der Waals surface area contributed by atoms with Gasteiger partial charge in [0.1, 0.15) is 5.58 Å². The highest BCUT2D eigenvalue weighted by atomic mass is 16.5. The van der Waals surface area contributed by atoms with Crippen molar-refractivity contribution < 1.29 is 24.0 Å². The minimum atomic E-state index is -1.01. The molecule has 2 aliphatic heterocycles. The molecule has 3 heterocycles. The fraction of sp³-hybridized carbons (Fsp3) is 0.407. The highest BCUT2D eigenvalue weighted by molar-refractivity contribution is 6.47. The van der Waals surface area contributed by atoms with E-state index in [0.717, 1.165) is 37.1 Å². The maximum atomic E-state index is 13.5. The molecule has 188 valence electrons. The molecule has 1 unspecified atom stereocenters. The van der Waals surface area contributed by atoms with Crippen molar-refractivity contribution in [2.24, 2.45) is 5.92 Å². The van der Waals surface area contributed by atoms with Crippen LogP contribution in [-0.2, 0) is 4.65 Å². The number of rotatable bonds is 6. The molecule has 1 aromatic heterocycles. The van der Waals surface area contributed by atoms with E-state index in [-0.39, 0.29) is 22.9 Å². The highest BCUT2D eigenvalue weighted by Gasteiger charge is 2.43. The van der Waals surface area contributed by atoms with Gasteiger partial charge in [-0.25, -0.2) is 4.79 Å². The van der Waals surface area contributed by atoms with Gasteiger partial charge in [-0.05, 0) is 63.3 Å². The van der Waals surface area contributed by atoms with Gasteiger partial charge in [-0.1, -0.05) is 18.2 Å². The van der Waals surface area contributed by atoms with Crippen molar-refractivity contribution in [2.45, 2.75) is 45.5 Å². The van der Waals surface area contributed by atoms with E-state index in [1.54, 1.807) is 24.3 Å². The molecular weight excluding hydrogens is 459 g/mol. The normalized spacial score (nSPS) is 19.3. The van der Waals surface area contributed by atoms with E-state index in [1.807, 2.05) is 32.9 Å². The molecule has 0 aliphatic carbocycles. The number of hydrogen-bond acceptors (Lipinski definition) is 7. The summed E-state index contributed by atoms with van der Waals surface area (Å²) in [6.45, 7) is 7.77. The van der Waals surface area contributed by atoms with Gasteiger partial charge in [0.05, 0.1) is 22.6 Å². The van der Waals surface area contributed by atoms with Gasteiger partial charge in [-0.3, -0.25) is 4.79 Å². The summed E-state index contributed by atoms with van der Waals surface area (Å²) in [6, 6.07) is 10.3. The van der Waals surface area contributed by atoms with Crippen LogP contribution in [0, 0.1) is 19.8 Å². The number of nitrogens with one attached hydrogen (secondary N) is 1. The fourth-order valence-electron chi connectivity index (χ4n) is 5.48. The Morgan fingerprint density at radius 3 is 2.56 bits per heavy atom. The second kappa shape index (κ2) is 9.63. The topological polar surface area (TPSA) is 112 Å². The number of benzene rings is 2. The molecule has 8 nitrogen and oxygen atoms in total. The van der Waals surface area contributed by atoms with Gasteiger partial charge < -0.3 is 29.4 Å². The van der Waals surface area contributed by atoms with Crippen LogP contribution in [0.4, 0.5) is 11.6 Å². The number of fused-ring (bicyclic) bond motifs is 1. The molecule has 2 atom stereocenters. The molecule has 0 radical (unpaired) electrons. The quantitative estimate of drug-likeness (QED) is 0.437. The van der Waals surface area contributed by atoms with Crippen LogP contribution in [0.3, 0.4) is 0 Å². The molecule has 36 heavy (non-hydrogen) atoms. The lowest BCUT2D eigenvalue weighted by Gasteiger charge is -2.41. The van der Waals surface area contributed by atoms with Crippen molar-refractivity contribution in [2.75, 3.05) is 29.9 Å². The molecule has 2 fully saturated rings. The van der Waals surface area contributed by atoms with Crippen molar-refractivity contribution in [3.8, 4) is 0 Å². The van der Waals surface area contributed by atoms with Crippen LogP contribution in [0.15, 0.2) is 45.6 Å². The van der Waals surface area contributed by atoms with Crippen molar-refractivity contribution in [3.63, 3.8) is 0 Å². The van der Waals surface area contributed by atoms with E-state index in [9.17, 15) is 19.7 Å². The summed E-state index contributed by atoms with van der Waals surface area (Å²) in [5.74, 6) is 0.161. The van der Waals surface area contributed by atoms with E-state index in [2.05, 4.69) is 10.2 Å². The SMILES string of the molecule is Cc1cc([C@@H](C)Nc2ccccc2C(=O)O)c2oc(N3CCC(C4COB4O)CC3)c(C)c(=O)c2c1. The molecule has 0 spiro atoms. The lowest BCUT2D eigenvalue weighted by atomic mass is 9.58. The Morgan fingerprint density at radius 2 is 1.92 bits per heavy atom. The first-order valence-electron chi connectivity index (χ1n) is 12.5. The molecular formula is C27H31BN2O6. The van der Waals surface area contributed by atoms with Gasteiger partial charge in [0.2, 0.25) is 5.88 Å². The third-order valence-electron chi connectivity index (χ3n) is 7.62. The second-order valence-electron chi connectivity index (χ2n) is 10.0. The Labute approximate surface area is 210 Å². The standard InChI is InChI=1S/C27H31BN2O6/c1-15-12-20(17(3)29-23-7-5-4-6-19(23)27(32)33)25-21(13-15)24(31)16(2)26(36-25)30-10-8-18(9-11-30)22-14-35-28(22)34/h4-7,12-13,17-18,22,29,34H,8-11,14H2,1-3H3,(H,32,33)/t17-,22?/m1/s1. The fourth-order valence-corrected chi connectivity index (χ4v) is 5.48. The van der Waals surface area contributed by atoms with Crippen LogP contribution < -0.4 is 15.6 Å². The third-order valence-corrected chi connectivity index (χ3v) is 7.62. The number of piperidine rings is 1. The highest BCUT2D eigenvalue weighted by Crippen LogP contribution is 2.39. The number of aryl methyl sites for hydroxylation is 1. The first-order chi connectivity index (χ1) is 17.2. The number of carboxylic acid groups (broad SMARTS) is 1. The Balaban J connectivity index is 1.49. The van der Waals surface area contributed by atoms with Crippen LogP contribution in [0.25, 0.3) is 11.0 Å². The zero-order chi connectivity index (χ0) is 25.6. The maximum Gasteiger partial charge on any atom is 0.460 e. The molecule has 5 rings (SSSR count). The van der Waals surface area contributed by atoms with Crippen molar-refractivity contribution >= 4 is 35.6 Å². The summed E-state index contributed by atoms with van der Waals surface area (Å²) in [6.07, 6.45) is 1.80. The minimum Gasteiger partial charge on any atom is -0.478 e. The Kier molecular flexibility index (Phi) is 6.53. The van der Waals surface area contributed by atoms with Gasteiger partial charge in [-0.2, -0.15) is 0 Å². The summed E-state index contributed by atoms with van der Waals surface area (Å²) < 4.78 is 11.6. The number of nitrogens with zero attached hydrogens (tertiary/aromatic N) is 1. The molecule has 3 aromatic rings. The molecule has 0 bridgehead atoms. The van der Waals surface area contributed by atoms with Gasteiger partial charge >= 0.3 is 13.1 Å². The minimum absolute atomic E-state index is 0.0562. The first-order valence-corrected chi connectivity index (χ1v) is 12.5. The number of carboxylic acids is 1. The molecule has 2 aromatic carbocycles. The zero-order valence-electron chi connectivity index (χ0n) is 20.8. The second-order valence-corrected chi connectivity index (χ2v) is 10.0. The molecule has 0 saturated carbocycles. The third kappa shape index (κ3) is 4.37. The Bertz CT molecular complexity index is 1360. The average molecular weight is 490 g/mol. The monoisotopic (exact) mass is 490 g/mol. The lowest BCUT2D eigenvalue weighted by Crippen LogP contribution is -2.47. The number of para-hydroxylation sites is 1. The molecule has 9 heteroatoms. The van der Waals surface area contributed by atoms with Gasteiger partial charge in [-0.15, -0.1) is 0 Å². The predicted octanol–water partition coefficient (Wildman–Crippen LogP) is 4.38. The maximum absolute atomic E-state index is 13.5. The van der Waals surface area contributed by atoms with E-state index < -0.39 is 13.1 Å². The Hall–Kier alpha value is -3.30. The van der Waals surface area contributed by atoms with Gasteiger partial charge in [0.15, 0.2) is 5.43 Å². The van der Waals surface area contributed by atoms with Crippen LogP contribution in [0.1, 0.15) is 52.9 Å². The predicted molar refractivity (Wildman–Crippen MR) is 140 cm³/mol. The van der Waals surface area contributed by atoms with Crippen LogP contribution in [0.5, 0.6) is 0 Å². The van der Waals surface area contributed by atoms with Crippen LogP contribution in [-0.4, -0.2) is 42.9 Å².